The third kappa shape index (κ3) is 4.77. The molecule has 0 saturated carbocycles. The summed E-state index contributed by atoms with van der Waals surface area (Å²) in [5.74, 6) is -2.00. The number of sulfone groups is 1. The summed E-state index contributed by atoms with van der Waals surface area (Å²) in [4.78, 5) is 20.6. The van der Waals surface area contributed by atoms with E-state index in [9.17, 15) is 22.0 Å². The lowest BCUT2D eigenvalue weighted by Crippen LogP contribution is -2.36. The van der Waals surface area contributed by atoms with Crippen molar-refractivity contribution < 1.29 is 22.0 Å². The van der Waals surface area contributed by atoms with E-state index < -0.39 is 27.4 Å². The maximum absolute atomic E-state index is 14.1. The Labute approximate surface area is 171 Å². The fourth-order valence-electron chi connectivity index (χ4n) is 2.66. The van der Waals surface area contributed by atoms with E-state index in [1.807, 2.05) is 19.0 Å². The number of fused-ring (bicyclic) bond motifs is 1. The van der Waals surface area contributed by atoms with Crippen LogP contribution >= 0.6 is 11.3 Å². The minimum atomic E-state index is -3.49. The number of carbonyl (C=O) groups is 1. The lowest BCUT2D eigenvalue weighted by atomic mass is 10.2. The topological polar surface area (TPSA) is 70.6 Å². The molecule has 6 nitrogen and oxygen atoms in total. The number of nitrogens with zero attached hydrogens (tertiary/aromatic N) is 3. The van der Waals surface area contributed by atoms with Crippen LogP contribution < -0.4 is 4.90 Å². The van der Waals surface area contributed by atoms with Gasteiger partial charge in [0.15, 0.2) is 20.8 Å². The molecule has 1 heterocycles. The predicted molar refractivity (Wildman–Crippen MR) is 109 cm³/mol. The van der Waals surface area contributed by atoms with Gasteiger partial charge in [0, 0.05) is 31.0 Å². The van der Waals surface area contributed by atoms with Gasteiger partial charge < -0.3 is 4.90 Å². The van der Waals surface area contributed by atoms with E-state index in [4.69, 9.17) is 0 Å². The molecule has 3 aromatic rings. The molecular weight excluding hydrogens is 420 g/mol. The van der Waals surface area contributed by atoms with Crippen LogP contribution in [0.25, 0.3) is 10.2 Å². The van der Waals surface area contributed by atoms with Gasteiger partial charge in [0.05, 0.1) is 9.60 Å². The minimum absolute atomic E-state index is 0.0149. The maximum atomic E-state index is 14.1. The monoisotopic (exact) mass is 439 g/mol. The molecule has 0 unspecified atom stereocenters. The SMILES string of the molecule is CN(C)CCN(C(=O)c1cccc(S(C)(=O)=O)c1)c1nc2c(F)cc(F)cc2s1. The Balaban J connectivity index is 2.06. The van der Waals surface area contributed by atoms with E-state index in [-0.39, 0.29) is 32.4 Å². The van der Waals surface area contributed by atoms with Gasteiger partial charge in [0.2, 0.25) is 0 Å². The Kier molecular flexibility index (Phi) is 5.97. The predicted octanol–water partition coefficient (Wildman–Crippen LogP) is 3.19. The molecule has 10 heteroatoms. The van der Waals surface area contributed by atoms with Crippen LogP contribution in [0, 0.1) is 11.6 Å². The van der Waals surface area contributed by atoms with Crippen LogP contribution in [0.15, 0.2) is 41.3 Å². The van der Waals surface area contributed by atoms with Gasteiger partial charge in [-0.05, 0) is 38.4 Å². The molecule has 0 aliphatic carbocycles. The molecule has 29 heavy (non-hydrogen) atoms. The molecule has 0 atom stereocenters. The second-order valence-electron chi connectivity index (χ2n) is 6.79. The Morgan fingerprint density at radius 3 is 2.52 bits per heavy atom. The number of carbonyl (C=O) groups excluding carboxylic acids is 1. The average molecular weight is 440 g/mol. The van der Waals surface area contributed by atoms with E-state index in [1.54, 1.807) is 0 Å². The Morgan fingerprint density at radius 1 is 1.14 bits per heavy atom. The number of hydrogen-bond acceptors (Lipinski definition) is 6. The highest BCUT2D eigenvalue weighted by Gasteiger charge is 2.23. The third-order valence-electron chi connectivity index (χ3n) is 4.16. The molecular formula is C19H19F2N3O3S2. The molecule has 0 saturated heterocycles. The van der Waals surface area contributed by atoms with E-state index in [1.165, 1.54) is 35.2 Å². The van der Waals surface area contributed by atoms with Gasteiger partial charge in [-0.1, -0.05) is 17.4 Å². The molecule has 1 amide bonds. The molecule has 0 aliphatic heterocycles. The highest BCUT2D eigenvalue weighted by Crippen LogP contribution is 2.32. The number of anilines is 1. The Morgan fingerprint density at radius 2 is 1.86 bits per heavy atom. The largest absolute Gasteiger partial charge is 0.308 e. The molecule has 0 aliphatic rings. The van der Waals surface area contributed by atoms with Crippen molar-refractivity contribution in [1.29, 1.82) is 0 Å². The molecule has 0 radical (unpaired) electrons. The third-order valence-corrected chi connectivity index (χ3v) is 6.29. The summed E-state index contributed by atoms with van der Waals surface area (Å²) >= 11 is 0.995. The van der Waals surface area contributed by atoms with Gasteiger partial charge in [0.25, 0.3) is 5.91 Å². The molecule has 1 aromatic heterocycles. The van der Waals surface area contributed by atoms with Gasteiger partial charge in [-0.15, -0.1) is 0 Å². The lowest BCUT2D eigenvalue weighted by Gasteiger charge is -2.22. The van der Waals surface area contributed by atoms with Crippen LogP contribution in [0.2, 0.25) is 0 Å². The van der Waals surface area contributed by atoms with E-state index >= 15 is 0 Å². The normalized spacial score (nSPS) is 11.9. The zero-order valence-electron chi connectivity index (χ0n) is 16.0. The number of halogens is 2. The highest BCUT2D eigenvalue weighted by molar-refractivity contribution is 7.90. The van der Waals surface area contributed by atoms with Crippen molar-refractivity contribution >= 4 is 42.4 Å². The number of rotatable bonds is 6. The first-order valence-electron chi connectivity index (χ1n) is 8.58. The van der Waals surface area contributed by atoms with Crippen LogP contribution in [0.1, 0.15) is 10.4 Å². The summed E-state index contributed by atoms with van der Waals surface area (Å²) < 4.78 is 51.6. The van der Waals surface area contributed by atoms with Crippen molar-refractivity contribution in [3.8, 4) is 0 Å². The molecule has 2 aromatic carbocycles. The summed E-state index contributed by atoms with van der Waals surface area (Å²) in [7, 11) is 0.178. The molecule has 0 spiro atoms. The van der Waals surface area contributed by atoms with Crippen molar-refractivity contribution in [2.45, 2.75) is 4.90 Å². The average Bonchev–Trinajstić information content (AvgIpc) is 3.05. The quantitative estimate of drug-likeness (QED) is 0.590. The van der Waals surface area contributed by atoms with Crippen LogP contribution in [0.5, 0.6) is 0 Å². The first kappa shape index (κ1) is 21.3. The smallest absolute Gasteiger partial charge is 0.260 e. The fraction of sp³-hybridized carbons (Fsp3) is 0.263. The summed E-state index contributed by atoms with van der Waals surface area (Å²) in [5.41, 5.74) is 0.150. The zero-order valence-corrected chi connectivity index (χ0v) is 17.7. The minimum Gasteiger partial charge on any atom is -0.308 e. The molecule has 154 valence electrons. The summed E-state index contributed by atoms with van der Waals surface area (Å²) in [6.45, 7) is 0.725. The second-order valence-corrected chi connectivity index (χ2v) is 9.82. The molecule has 0 fully saturated rings. The van der Waals surface area contributed by atoms with Crippen molar-refractivity contribution in [3.05, 3.63) is 53.6 Å². The number of benzene rings is 2. The lowest BCUT2D eigenvalue weighted by molar-refractivity contribution is 0.0985. The summed E-state index contributed by atoms with van der Waals surface area (Å²) in [5, 5.41) is 0.209. The number of amides is 1. The second kappa shape index (κ2) is 8.13. The van der Waals surface area contributed by atoms with Crippen molar-refractivity contribution in [2.24, 2.45) is 0 Å². The number of hydrogen-bond donors (Lipinski definition) is 0. The van der Waals surface area contributed by atoms with Gasteiger partial charge in [-0.3, -0.25) is 9.69 Å². The van der Waals surface area contributed by atoms with Crippen LogP contribution in [0.3, 0.4) is 0 Å². The van der Waals surface area contributed by atoms with E-state index in [0.717, 1.165) is 23.7 Å². The molecule has 0 N–H and O–H groups in total. The van der Waals surface area contributed by atoms with Crippen molar-refractivity contribution in [2.75, 3.05) is 38.3 Å². The zero-order chi connectivity index (χ0) is 21.3. The fourth-order valence-corrected chi connectivity index (χ4v) is 4.36. The van der Waals surface area contributed by atoms with Crippen LogP contribution in [0.4, 0.5) is 13.9 Å². The van der Waals surface area contributed by atoms with E-state index in [0.29, 0.717) is 6.54 Å². The first-order chi connectivity index (χ1) is 13.6. The summed E-state index contributed by atoms with van der Waals surface area (Å²) in [6.07, 6.45) is 1.06. The highest BCUT2D eigenvalue weighted by atomic mass is 32.2. The van der Waals surface area contributed by atoms with Crippen LogP contribution in [-0.4, -0.2) is 57.6 Å². The van der Waals surface area contributed by atoms with Crippen molar-refractivity contribution in [3.63, 3.8) is 0 Å². The number of likely N-dealkylation sites (N-methyl/N-ethyl adjacent to an activating group) is 1. The summed E-state index contributed by atoms with van der Waals surface area (Å²) in [6, 6.07) is 7.61. The Bertz CT molecular complexity index is 1180. The van der Waals surface area contributed by atoms with Crippen LogP contribution in [-0.2, 0) is 9.84 Å². The Hall–Kier alpha value is -2.43. The molecule has 3 rings (SSSR count). The van der Waals surface area contributed by atoms with Gasteiger partial charge in [-0.25, -0.2) is 22.2 Å². The van der Waals surface area contributed by atoms with Gasteiger partial charge in [-0.2, -0.15) is 0 Å². The first-order valence-corrected chi connectivity index (χ1v) is 11.3. The molecule has 0 bridgehead atoms. The number of aromatic nitrogens is 1. The van der Waals surface area contributed by atoms with Crippen molar-refractivity contribution in [1.82, 2.24) is 9.88 Å². The van der Waals surface area contributed by atoms with E-state index in [2.05, 4.69) is 4.98 Å². The number of thiazole rings is 1. The van der Waals surface area contributed by atoms with Gasteiger partial charge in [0.1, 0.15) is 11.3 Å². The maximum Gasteiger partial charge on any atom is 0.260 e. The van der Waals surface area contributed by atoms with Gasteiger partial charge >= 0.3 is 0 Å². The standard InChI is InChI=1S/C19H19F2N3O3S2/c1-23(2)7-8-24(18(25)12-5-4-6-14(9-12)29(3,26)27)19-22-17-15(21)10-13(20)11-16(17)28-19/h4-6,9-11H,7-8H2,1-3H3.